The summed E-state index contributed by atoms with van der Waals surface area (Å²) in [7, 11) is 3.13. The number of hydrogen-bond acceptors (Lipinski definition) is 5. The van der Waals surface area contributed by atoms with Crippen LogP contribution in [0.4, 0.5) is 0 Å². The molecule has 5 nitrogen and oxygen atoms in total. The summed E-state index contributed by atoms with van der Waals surface area (Å²) in [4.78, 5) is 15.6. The van der Waals surface area contributed by atoms with Crippen molar-refractivity contribution in [1.82, 2.24) is 4.98 Å². The average molecular weight is 334 g/mol. The molecule has 6 heteroatoms. The van der Waals surface area contributed by atoms with Crippen LogP contribution in [0.3, 0.4) is 0 Å². The van der Waals surface area contributed by atoms with Crippen molar-refractivity contribution in [1.29, 1.82) is 0 Å². The van der Waals surface area contributed by atoms with Gasteiger partial charge in [-0.1, -0.05) is 11.6 Å². The Morgan fingerprint density at radius 3 is 2.48 bits per heavy atom. The van der Waals surface area contributed by atoms with Gasteiger partial charge in [0.15, 0.2) is 0 Å². The second-order valence-electron chi connectivity index (χ2n) is 4.57. The highest BCUT2D eigenvalue weighted by molar-refractivity contribution is 6.29. The number of aromatic nitrogens is 1. The molecule has 0 N–H and O–H groups in total. The van der Waals surface area contributed by atoms with Gasteiger partial charge < -0.3 is 14.2 Å². The number of benzene rings is 1. The first kappa shape index (κ1) is 16.8. The SMILES string of the molecule is COc1cc(C=CC(=O)OCc2ccnc(Cl)c2)cc(OC)c1. The number of pyridine rings is 1. The largest absolute Gasteiger partial charge is 0.497 e. The third-order valence-corrected chi connectivity index (χ3v) is 3.16. The molecule has 0 radical (unpaired) electrons. The van der Waals surface area contributed by atoms with Gasteiger partial charge >= 0.3 is 5.97 Å². The summed E-state index contributed by atoms with van der Waals surface area (Å²) in [6.07, 6.45) is 4.54. The van der Waals surface area contributed by atoms with Crippen molar-refractivity contribution in [3.8, 4) is 11.5 Å². The van der Waals surface area contributed by atoms with Gasteiger partial charge in [0.1, 0.15) is 23.3 Å². The maximum atomic E-state index is 11.8. The number of ether oxygens (including phenoxy) is 3. The molecule has 0 atom stereocenters. The van der Waals surface area contributed by atoms with Crippen molar-refractivity contribution in [3.05, 3.63) is 58.9 Å². The van der Waals surface area contributed by atoms with E-state index in [1.807, 2.05) is 0 Å². The van der Waals surface area contributed by atoms with Gasteiger partial charge in [-0.05, 0) is 41.5 Å². The van der Waals surface area contributed by atoms with E-state index in [1.54, 1.807) is 56.8 Å². The molecule has 0 aliphatic heterocycles. The molecule has 0 bridgehead atoms. The zero-order valence-corrected chi connectivity index (χ0v) is 13.5. The van der Waals surface area contributed by atoms with Crippen LogP contribution in [-0.4, -0.2) is 25.2 Å². The zero-order valence-electron chi connectivity index (χ0n) is 12.8. The average Bonchev–Trinajstić information content (AvgIpc) is 2.57. The first-order valence-electron chi connectivity index (χ1n) is 6.79. The molecule has 0 aliphatic carbocycles. The van der Waals surface area contributed by atoms with Crippen molar-refractivity contribution >= 4 is 23.6 Å². The smallest absolute Gasteiger partial charge is 0.331 e. The lowest BCUT2D eigenvalue weighted by Gasteiger charge is -2.06. The minimum absolute atomic E-state index is 0.132. The first-order valence-corrected chi connectivity index (χ1v) is 7.17. The van der Waals surface area contributed by atoms with Gasteiger partial charge in [0.2, 0.25) is 0 Å². The van der Waals surface area contributed by atoms with E-state index >= 15 is 0 Å². The Balaban J connectivity index is 1.98. The Bertz CT molecular complexity index is 693. The van der Waals surface area contributed by atoms with Gasteiger partial charge in [0.25, 0.3) is 0 Å². The van der Waals surface area contributed by atoms with Crippen LogP contribution in [0.5, 0.6) is 11.5 Å². The number of nitrogens with zero attached hydrogens (tertiary/aromatic N) is 1. The van der Waals surface area contributed by atoms with Crippen LogP contribution >= 0.6 is 11.6 Å². The molecule has 0 unspecified atom stereocenters. The lowest BCUT2D eigenvalue weighted by Crippen LogP contribution is -2.00. The van der Waals surface area contributed by atoms with E-state index in [0.717, 1.165) is 11.1 Å². The van der Waals surface area contributed by atoms with E-state index in [9.17, 15) is 4.79 Å². The van der Waals surface area contributed by atoms with E-state index in [1.165, 1.54) is 6.08 Å². The van der Waals surface area contributed by atoms with Gasteiger partial charge in [0, 0.05) is 18.3 Å². The number of halogens is 1. The first-order chi connectivity index (χ1) is 11.1. The van der Waals surface area contributed by atoms with Crippen molar-refractivity contribution in [3.63, 3.8) is 0 Å². The Labute approximate surface area is 139 Å². The van der Waals surface area contributed by atoms with Crippen molar-refractivity contribution in [2.24, 2.45) is 0 Å². The summed E-state index contributed by atoms with van der Waals surface area (Å²) in [5, 5.41) is 0.359. The maximum Gasteiger partial charge on any atom is 0.331 e. The summed E-state index contributed by atoms with van der Waals surface area (Å²) in [5.74, 6) is 0.826. The van der Waals surface area contributed by atoms with Crippen LogP contribution in [-0.2, 0) is 16.1 Å². The van der Waals surface area contributed by atoms with E-state index in [0.29, 0.717) is 16.7 Å². The molecular formula is C17H16ClNO4. The molecule has 0 saturated heterocycles. The predicted octanol–water partition coefficient (Wildman–Crippen LogP) is 3.51. The van der Waals surface area contributed by atoms with Crippen molar-refractivity contribution in [2.75, 3.05) is 14.2 Å². The summed E-state index contributed by atoms with van der Waals surface area (Å²) >= 11 is 5.77. The quantitative estimate of drug-likeness (QED) is 0.460. The normalized spacial score (nSPS) is 10.6. The van der Waals surface area contributed by atoms with Crippen LogP contribution in [0.1, 0.15) is 11.1 Å². The molecule has 1 aromatic carbocycles. The monoisotopic (exact) mass is 333 g/mol. The number of esters is 1. The second-order valence-corrected chi connectivity index (χ2v) is 4.96. The summed E-state index contributed by atoms with van der Waals surface area (Å²) in [6.45, 7) is 0.132. The van der Waals surface area contributed by atoms with Crippen LogP contribution in [0.2, 0.25) is 5.15 Å². The Morgan fingerprint density at radius 2 is 1.87 bits per heavy atom. The maximum absolute atomic E-state index is 11.8. The summed E-state index contributed by atoms with van der Waals surface area (Å²) in [6, 6.07) is 8.70. The third-order valence-electron chi connectivity index (χ3n) is 2.96. The van der Waals surface area contributed by atoms with Gasteiger partial charge in [-0.3, -0.25) is 0 Å². The van der Waals surface area contributed by atoms with Crippen LogP contribution in [0.15, 0.2) is 42.6 Å². The molecule has 23 heavy (non-hydrogen) atoms. The third kappa shape index (κ3) is 5.30. The minimum atomic E-state index is -0.459. The molecule has 2 rings (SSSR count). The van der Waals surface area contributed by atoms with E-state index in [2.05, 4.69) is 4.98 Å². The number of carbonyl (C=O) groups is 1. The lowest BCUT2D eigenvalue weighted by atomic mass is 10.2. The fraction of sp³-hybridized carbons (Fsp3) is 0.176. The molecule has 120 valence electrons. The van der Waals surface area contributed by atoms with E-state index in [-0.39, 0.29) is 6.61 Å². The molecular weight excluding hydrogens is 318 g/mol. The summed E-state index contributed by atoms with van der Waals surface area (Å²) in [5.41, 5.74) is 1.54. The highest BCUT2D eigenvalue weighted by Crippen LogP contribution is 2.23. The standard InChI is InChI=1S/C17H16ClNO4/c1-21-14-7-12(8-15(10-14)22-2)3-4-17(20)23-11-13-5-6-19-16(18)9-13/h3-10H,11H2,1-2H3. The number of rotatable bonds is 6. The lowest BCUT2D eigenvalue weighted by molar-refractivity contribution is -0.138. The highest BCUT2D eigenvalue weighted by Gasteiger charge is 2.02. The highest BCUT2D eigenvalue weighted by atomic mass is 35.5. The topological polar surface area (TPSA) is 57.7 Å². The molecule has 1 heterocycles. The van der Waals surface area contributed by atoms with Gasteiger partial charge in [-0.15, -0.1) is 0 Å². The van der Waals surface area contributed by atoms with E-state index < -0.39 is 5.97 Å². The molecule has 1 aromatic heterocycles. The van der Waals surface area contributed by atoms with Crippen molar-refractivity contribution in [2.45, 2.75) is 6.61 Å². The molecule has 0 amide bonds. The fourth-order valence-corrected chi connectivity index (χ4v) is 2.02. The number of carbonyl (C=O) groups excluding carboxylic acids is 1. The molecule has 2 aromatic rings. The Morgan fingerprint density at radius 1 is 1.17 bits per heavy atom. The molecule has 0 aliphatic rings. The Kier molecular flexibility index (Phi) is 6.00. The van der Waals surface area contributed by atoms with Crippen LogP contribution in [0, 0.1) is 0 Å². The summed E-state index contributed by atoms with van der Waals surface area (Å²) < 4.78 is 15.5. The molecule has 0 saturated carbocycles. The van der Waals surface area contributed by atoms with Crippen molar-refractivity contribution < 1.29 is 19.0 Å². The minimum Gasteiger partial charge on any atom is -0.497 e. The number of methoxy groups -OCH3 is 2. The predicted molar refractivity (Wildman–Crippen MR) is 87.6 cm³/mol. The fourth-order valence-electron chi connectivity index (χ4n) is 1.82. The van der Waals surface area contributed by atoms with Crippen LogP contribution in [0.25, 0.3) is 6.08 Å². The zero-order chi connectivity index (χ0) is 16.7. The molecule has 0 spiro atoms. The number of hydrogen-bond donors (Lipinski definition) is 0. The Hall–Kier alpha value is -2.53. The van der Waals surface area contributed by atoms with Gasteiger partial charge in [-0.25, -0.2) is 9.78 Å². The van der Waals surface area contributed by atoms with Crippen LogP contribution < -0.4 is 9.47 Å². The van der Waals surface area contributed by atoms with Gasteiger partial charge in [-0.2, -0.15) is 0 Å². The van der Waals surface area contributed by atoms with E-state index in [4.69, 9.17) is 25.8 Å². The van der Waals surface area contributed by atoms with Gasteiger partial charge in [0.05, 0.1) is 14.2 Å². The molecule has 0 fully saturated rings. The second kappa shape index (κ2) is 8.19.